The molecule has 20 heavy (non-hydrogen) atoms. The molecule has 1 amide bonds. The van der Waals surface area contributed by atoms with Gasteiger partial charge in [0.05, 0.1) is 18.8 Å². The van der Waals surface area contributed by atoms with Crippen molar-refractivity contribution >= 4 is 5.91 Å². The normalized spacial score (nSPS) is 21.8. The topological polar surface area (TPSA) is 75.3 Å². The molecule has 0 aromatic carbocycles. The van der Waals surface area contributed by atoms with E-state index in [4.69, 9.17) is 4.74 Å². The van der Waals surface area contributed by atoms with Gasteiger partial charge in [0.2, 0.25) is 0 Å². The van der Waals surface area contributed by atoms with E-state index in [1.165, 1.54) is 6.07 Å². The van der Waals surface area contributed by atoms with E-state index in [1.54, 1.807) is 4.90 Å². The van der Waals surface area contributed by atoms with Crippen LogP contribution in [0.25, 0.3) is 0 Å². The highest BCUT2D eigenvalue weighted by molar-refractivity contribution is 5.92. The van der Waals surface area contributed by atoms with Gasteiger partial charge in [-0.15, -0.1) is 0 Å². The molecule has 0 radical (unpaired) electrons. The zero-order chi connectivity index (χ0) is 14.3. The summed E-state index contributed by atoms with van der Waals surface area (Å²) in [6, 6.07) is 1.29. The third-order valence-corrected chi connectivity index (χ3v) is 3.83. The van der Waals surface area contributed by atoms with Crippen LogP contribution in [0.2, 0.25) is 0 Å². The molecule has 3 rings (SSSR count). The molecular formula is C14H19N3O3. The van der Waals surface area contributed by atoms with Crippen molar-refractivity contribution < 1.29 is 9.53 Å². The maximum atomic E-state index is 12.6. The van der Waals surface area contributed by atoms with E-state index in [-0.39, 0.29) is 22.7 Å². The Balaban J connectivity index is 1.91. The number of nitrogens with zero attached hydrogens (tertiary/aromatic N) is 2. The van der Waals surface area contributed by atoms with E-state index in [2.05, 4.69) is 9.97 Å². The molecule has 0 atom stereocenters. The number of ether oxygens (including phenoxy) is 1. The lowest BCUT2D eigenvalue weighted by Gasteiger charge is -2.41. The summed E-state index contributed by atoms with van der Waals surface area (Å²) in [5.41, 5.74) is -0.388. The third-order valence-electron chi connectivity index (χ3n) is 3.83. The summed E-state index contributed by atoms with van der Waals surface area (Å²) < 4.78 is 5.41. The number of amides is 1. The molecule has 6 nitrogen and oxygen atoms in total. The molecule has 0 spiro atoms. The second-order valence-electron chi connectivity index (χ2n) is 6.11. The summed E-state index contributed by atoms with van der Waals surface area (Å²) in [5.74, 6) is 0.770. The van der Waals surface area contributed by atoms with E-state index in [0.29, 0.717) is 31.5 Å². The molecule has 2 aliphatic rings. The second kappa shape index (κ2) is 4.70. The van der Waals surface area contributed by atoms with Gasteiger partial charge in [0.1, 0.15) is 11.5 Å². The fraction of sp³-hybridized carbons (Fsp3) is 0.643. The molecule has 6 heteroatoms. The zero-order valence-corrected chi connectivity index (χ0v) is 11.8. The van der Waals surface area contributed by atoms with E-state index in [0.717, 1.165) is 12.8 Å². The molecule has 1 aromatic heterocycles. The fourth-order valence-corrected chi connectivity index (χ4v) is 2.51. The van der Waals surface area contributed by atoms with E-state index >= 15 is 0 Å². The predicted octanol–water partition coefficient (Wildman–Crippen LogP) is 0.898. The number of hydrogen-bond donors (Lipinski definition) is 1. The van der Waals surface area contributed by atoms with Crippen LogP contribution >= 0.6 is 0 Å². The average Bonchev–Trinajstić information content (AvgIpc) is 3.21. The number of hydrogen-bond acceptors (Lipinski definition) is 4. The van der Waals surface area contributed by atoms with Gasteiger partial charge < -0.3 is 14.6 Å². The van der Waals surface area contributed by atoms with Gasteiger partial charge in [0, 0.05) is 18.5 Å². The molecule has 0 bridgehead atoms. The molecular weight excluding hydrogens is 258 g/mol. The van der Waals surface area contributed by atoms with Crippen LogP contribution < -0.4 is 5.56 Å². The highest BCUT2D eigenvalue weighted by atomic mass is 16.5. The highest BCUT2D eigenvalue weighted by Gasteiger charge is 2.36. The van der Waals surface area contributed by atoms with Gasteiger partial charge in [-0.1, -0.05) is 0 Å². The fourth-order valence-electron chi connectivity index (χ4n) is 2.51. The SMILES string of the molecule is CC1(C)COCCN1C(=O)c1cc(=O)[nH]c(C2CC2)n1. The van der Waals surface area contributed by atoms with Crippen molar-refractivity contribution in [1.29, 1.82) is 0 Å². The lowest BCUT2D eigenvalue weighted by atomic mass is 10.0. The van der Waals surface area contributed by atoms with Crippen molar-refractivity contribution in [2.45, 2.75) is 38.1 Å². The van der Waals surface area contributed by atoms with Gasteiger partial charge in [-0.25, -0.2) is 4.98 Å². The first-order valence-electron chi connectivity index (χ1n) is 6.98. The number of carbonyl (C=O) groups excluding carboxylic acids is 1. The molecule has 1 aromatic rings. The Morgan fingerprint density at radius 1 is 1.50 bits per heavy atom. The largest absolute Gasteiger partial charge is 0.377 e. The van der Waals surface area contributed by atoms with Crippen LogP contribution in [-0.4, -0.2) is 46.1 Å². The van der Waals surface area contributed by atoms with E-state index in [1.807, 2.05) is 13.8 Å². The first kappa shape index (κ1) is 13.3. The summed E-state index contributed by atoms with van der Waals surface area (Å²) in [6.07, 6.45) is 2.06. The minimum absolute atomic E-state index is 0.189. The molecule has 1 aliphatic heterocycles. The Labute approximate surface area is 117 Å². The molecule has 1 N–H and O–H groups in total. The highest BCUT2D eigenvalue weighted by Crippen LogP contribution is 2.37. The molecule has 108 valence electrons. The summed E-state index contributed by atoms with van der Waals surface area (Å²) in [5, 5.41) is 0. The minimum atomic E-state index is -0.376. The minimum Gasteiger partial charge on any atom is -0.377 e. The number of H-pyrrole nitrogens is 1. The van der Waals surface area contributed by atoms with Crippen LogP contribution in [0, 0.1) is 0 Å². The average molecular weight is 277 g/mol. The smallest absolute Gasteiger partial charge is 0.273 e. The lowest BCUT2D eigenvalue weighted by Crippen LogP contribution is -2.55. The van der Waals surface area contributed by atoms with Crippen molar-refractivity contribution in [2.75, 3.05) is 19.8 Å². The van der Waals surface area contributed by atoms with Crippen molar-refractivity contribution in [1.82, 2.24) is 14.9 Å². The number of carbonyl (C=O) groups is 1. The van der Waals surface area contributed by atoms with Crippen LogP contribution in [0.1, 0.15) is 48.9 Å². The Hall–Kier alpha value is -1.69. The monoisotopic (exact) mass is 277 g/mol. The van der Waals surface area contributed by atoms with Gasteiger partial charge in [0.15, 0.2) is 0 Å². The molecule has 1 saturated heterocycles. The Kier molecular flexibility index (Phi) is 3.12. The van der Waals surface area contributed by atoms with Crippen LogP contribution in [0.5, 0.6) is 0 Å². The number of aromatic nitrogens is 2. The van der Waals surface area contributed by atoms with Crippen LogP contribution in [-0.2, 0) is 4.74 Å². The molecule has 1 saturated carbocycles. The van der Waals surface area contributed by atoms with Gasteiger partial charge in [0.25, 0.3) is 11.5 Å². The zero-order valence-electron chi connectivity index (χ0n) is 11.8. The molecule has 2 fully saturated rings. The second-order valence-corrected chi connectivity index (χ2v) is 6.11. The van der Waals surface area contributed by atoms with Crippen molar-refractivity contribution in [2.24, 2.45) is 0 Å². The Morgan fingerprint density at radius 3 is 2.90 bits per heavy atom. The maximum absolute atomic E-state index is 12.6. The first-order valence-corrected chi connectivity index (χ1v) is 6.98. The van der Waals surface area contributed by atoms with Gasteiger partial charge in [-0.2, -0.15) is 0 Å². The number of aromatic amines is 1. The van der Waals surface area contributed by atoms with E-state index < -0.39 is 0 Å². The van der Waals surface area contributed by atoms with Gasteiger partial charge in [-0.3, -0.25) is 9.59 Å². The Bertz CT molecular complexity index is 590. The first-order chi connectivity index (χ1) is 9.47. The third kappa shape index (κ3) is 2.47. The maximum Gasteiger partial charge on any atom is 0.273 e. The van der Waals surface area contributed by atoms with Crippen LogP contribution in [0.4, 0.5) is 0 Å². The van der Waals surface area contributed by atoms with Crippen LogP contribution in [0.15, 0.2) is 10.9 Å². The number of nitrogens with one attached hydrogen (secondary N) is 1. The molecule has 0 unspecified atom stereocenters. The van der Waals surface area contributed by atoms with Crippen LogP contribution in [0.3, 0.4) is 0 Å². The predicted molar refractivity (Wildman–Crippen MR) is 72.8 cm³/mol. The summed E-state index contributed by atoms with van der Waals surface area (Å²) >= 11 is 0. The summed E-state index contributed by atoms with van der Waals surface area (Å²) in [6.45, 7) is 5.46. The van der Waals surface area contributed by atoms with Gasteiger partial charge in [-0.05, 0) is 26.7 Å². The van der Waals surface area contributed by atoms with Crippen molar-refractivity contribution in [3.8, 4) is 0 Å². The summed E-state index contributed by atoms with van der Waals surface area (Å²) in [7, 11) is 0. The Morgan fingerprint density at radius 2 is 2.25 bits per heavy atom. The molecule has 1 aliphatic carbocycles. The molecule has 2 heterocycles. The van der Waals surface area contributed by atoms with E-state index in [9.17, 15) is 9.59 Å². The lowest BCUT2D eigenvalue weighted by molar-refractivity contribution is -0.0373. The summed E-state index contributed by atoms with van der Waals surface area (Å²) in [4.78, 5) is 33.1. The quantitative estimate of drug-likeness (QED) is 0.871. The van der Waals surface area contributed by atoms with Crippen molar-refractivity contribution in [3.63, 3.8) is 0 Å². The number of rotatable bonds is 2. The van der Waals surface area contributed by atoms with Crippen molar-refractivity contribution in [3.05, 3.63) is 27.9 Å². The van der Waals surface area contributed by atoms with Gasteiger partial charge >= 0.3 is 0 Å². The standard InChI is InChI=1S/C14H19N3O3/c1-14(2)8-20-6-5-17(14)13(19)10-7-11(18)16-12(15-10)9-3-4-9/h7,9H,3-6,8H2,1-2H3,(H,15,16,18). The number of morpholine rings is 1.